The van der Waals surface area contributed by atoms with Gasteiger partial charge in [-0.2, -0.15) is 0 Å². The van der Waals surface area contributed by atoms with Crippen LogP contribution in [0.15, 0.2) is 0 Å². The summed E-state index contributed by atoms with van der Waals surface area (Å²) in [7, 11) is 0. The predicted octanol–water partition coefficient (Wildman–Crippen LogP) is 1.18. The minimum atomic E-state index is 0.867. The third-order valence-corrected chi connectivity index (χ3v) is 3.06. The molecule has 0 amide bonds. The predicted molar refractivity (Wildman–Crippen MR) is 53.3 cm³/mol. The molecular formula is C10H22N2. The van der Waals surface area contributed by atoms with Crippen molar-refractivity contribution in [2.45, 2.75) is 20.8 Å². The maximum Gasteiger partial charge on any atom is 0.00104 e. The highest BCUT2D eigenvalue weighted by Gasteiger charge is 2.24. The Morgan fingerprint density at radius 3 is 2.25 bits per heavy atom. The van der Waals surface area contributed by atoms with Gasteiger partial charge in [0.2, 0.25) is 0 Å². The summed E-state index contributed by atoms with van der Waals surface area (Å²) in [6.45, 7) is 13.0. The highest BCUT2D eigenvalue weighted by Crippen LogP contribution is 2.16. The van der Waals surface area contributed by atoms with Gasteiger partial charge in [-0.3, -0.25) is 0 Å². The minimum Gasteiger partial charge on any atom is -0.316 e. The summed E-state index contributed by atoms with van der Waals surface area (Å²) < 4.78 is 0. The number of nitrogens with one attached hydrogen (secondary N) is 1. The maximum absolute atomic E-state index is 3.33. The highest BCUT2D eigenvalue weighted by molar-refractivity contribution is 4.80. The maximum atomic E-state index is 3.33. The molecule has 0 radical (unpaired) electrons. The van der Waals surface area contributed by atoms with Gasteiger partial charge in [-0.15, -0.1) is 0 Å². The third-order valence-electron chi connectivity index (χ3n) is 3.06. The zero-order valence-electron chi connectivity index (χ0n) is 8.64. The summed E-state index contributed by atoms with van der Waals surface area (Å²) in [5.41, 5.74) is 0. The molecular weight excluding hydrogens is 148 g/mol. The zero-order valence-corrected chi connectivity index (χ0v) is 8.64. The van der Waals surface area contributed by atoms with Crippen molar-refractivity contribution in [2.75, 3.05) is 32.7 Å². The second kappa shape index (κ2) is 4.83. The first-order valence-corrected chi connectivity index (χ1v) is 5.21. The molecule has 1 aliphatic heterocycles. The van der Waals surface area contributed by atoms with Crippen LogP contribution in [0.1, 0.15) is 20.8 Å². The Morgan fingerprint density at radius 1 is 1.33 bits per heavy atom. The minimum absolute atomic E-state index is 0.867. The molecule has 2 heteroatoms. The van der Waals surface area contributed by atoms with Gasteiger partial charge in [-0.1, -0.05) is 20.8 Å². The fourth-order valence-corrected chi connectivity index (χ4v) is 1.75. The molecule has 2 nitrogen and oxygen atoms in total. The van der Waals surface area contributed by atoms with Crippen LogP contribution in [0.4, 0.5) is 0 Å². The first-order chi connectivity index (χ1) is 5.77. The van der Waals surface area contributed by atoms with E-state index in [9.17, 15) is 0 Å². The molecule has 1 N–H and O–H groups in total. The van der Waals surface area contributed by atoms with E-state index in [4.69, 9.17) is 0 Å². The van der Waals surface area contributed by atoms with Gasteiger partial charge in [-0.25, -0.2) is 0 Å². The van der Waals surface area contributed by atoms with Crippen molar-refractivity contribution in [3.8, 4) is 0 Å². The molecule has 72 valence electrons. The summed E-state index contributed by atoms with van der Waals surface area (Å²) in [5, 5.41) is 3.33. The molecule has 1 aliphatic rings. The Morgan fingerprint density at radius 2 is 1.92 bits per heavy atom. The van der Waals surface area contributed by atoms with Crippen LogP contribution in [0, 0.1) is 11.8 Å². The average molecular weight is 170 g/mol. The second-order valence-corrected chi connectivity index (χ2v) is 3.88. The van der Waals surface area contributed by atoms with E-state index in [2.05, 4.69) is 31.0 Å². The standard InChI is InChI=1S/C10H22N2/c1-4-12(5-2)8-9(3)10-6-11-7-10/h9-11H,4-8H2,1-3H3. The third kappa shape index (κ3) is 2.46. The lowest BCUT2D eigenvalue weighted by molar-refractivity contribution is 0.175. The molecule has 1 fully saturated rings. The molecule has 0 aromatic rings. The monoisotopic (exact) mass is 170 g/mol. The second-order valence-electron chi connectivity index (χ2n) is 3.88. The summed E-state index contributed by atoms with van der Waals surface area (Å²) in [6.07, 6.45) is 0. The largest absolute Gasteiger partial charge is 0.316 e. The molecule has 12 heavy (non-hydrogen) atoms. The van der Waals surface area contributed by atoms with Crippen LogP contribution in [0.5, 0.6) is 0 Å². The molecule has 0 aromatic carbocycles. The molecule has 1 unspecified atom stereocenters. The summed E-state index contributed by atoms with van der Waals surface area (Å²) >= 11 is 0. The van der Waals surface area contributed by atoms with Crippen LogP contribution < -0.4 is 5.32 Å². The molecule has 1 heterocycles. The zero-order chi connectivity index (χ0) is 8.97. The molecule has 0 saturated carbocycles. The van der Waals surface area contributed by atoms with Gasteiger partial charge >= 0.3 is 0 Å². The lowest BCUT2D eigenvalue weighted by atomic mass is 9.88. The summed E-state index contributed by atoms with van der Waals surface area (Å²) in [5.74, 6) is 1.80. The van der Waals surface area contributed by atoms with Crippen molar-refractivity contribution >= 4 is 0 Å². The Labute approximate surface area is 76.3 Å². The van der Waals surface area contributed by atoms with Crippen LogP contribution in [-0.2, 0) is 0 Å². The molecule has 1 saturated heterocycles. The van der Waals surface area contributed by atoms with Crippen molar-refractivity contribution < 1.29 is 0 Å². The number of nitrogens with zero attached hydrogens (tertiary/aromatic N) is 1. The van der Waals surface area contributed by atoms with Gasteiger partial charge in [0, 0.05) is 6.54 Å². The van der Waals surface area contributed by atoms with Gasteiger partial charge in [-0.05, 0) is 38.0 Å². The molecule has 0 aliphatic carbocycles. The van der Waals surface area contributed by atoms with Gasteiger partial charge in [0.15, 0.2) is 0 Å². The Bertz CT molecular complexity index is 117. The Kier molecular flexibility index (Phi) is 4.02. The Balaban J connectivity index is 2.18. The van der Waals surface area contributed by atoms with Crippen LogP contribution in [0.25, 0.3) is 0 Å². The first-order valence-electron chi connectivity index (χ1n) is 5.21. The van der Waals surface area contributed by atoms with Crippen molar-refractivity contribution in [3.05, 3.63) is 0 Å². The number of hydrogen-bond acceptors (Lipinski definition) is 2. The van der Waals surface area contributed by atoms with Crippen molar-refractivity contribution in [2.24, 2.45) is 11.8 Å². The van der Waals surface area contributed by atoms with Gasteiger partial charge in [0.25, 0.3) is 0 Å². The van der Waals surface area contributed by atoms with E-state index in [-0.39, 0.29) is 0 Å². The first kappa shape index (κ1) is 10.0. The molecule has 1 rings (SSSR count). The van der Waals surface area contributed by atoms with Crippen molar-refractivity contribution in [1.29, 1.82) is 0 Å². The Hall–Kier alpha value is -0.0800. The van der Waals surface area contributed by atoms with Gasteiger partial charge in [0.1, 0.15) is 0 Å². The fraction of sp³-hybridized carbons (Fsp3) is 1.00. The van der Waals surface area contributed by atoms with Crippen LogP contribution in [-0.4, -0.2) is 37.6 Å². The molecule has 1 atom stereocenters. The summed E-state index contributed by atoms with van der Waals surface area (Å²) in [4.78, 5) is 2.52. The van der Waals surface area contributed by atoms with Crippen LogP contribution >= 0.6 is 0 Å². The average Bonchev–Trinajstić information content (AvgIpc) is 1.96. The molecule has 0 bridgehead atoms. The molecule has 0 spiro atoms. The van der Waals surface area contributed by atoms with E-state index in [1.807, 2.05) is 0 Å². The normalized spacial score (nSPS) is 21.0. The van der Waals surface area contributed by atoms with Crippen molar-refractivity contribution in [1.82, 2.24) is 10.2 Å². The number of rotatable bonds is 5. The van der Waals surface area contributed by atoms with E-state index < -0.39 is 0 Å². The smallest absolute Gasteiger partial charge is 0.00104 e. The van der Waals surface area contributed by atoms with Gasteiger partial charge < -0.3 is 10.2 Å². The highest BCUT2D eigenvalue weighted by atomic mass is 15.1. The van der Waals surface area contributed by atoms with Crippen molar-refractivity contribution in [3.63, 3.8) is 0 Å². The SMILES string of the molecule is CCN(CC)CC(C)C1CNC1. The van der Waals surface area contributed by atoms with E-state index in [0.29, 0.717) is 0 Å². The van der Waals surface area contributed by atoms with Crippen LogP contribution in [0.2, 0.25) is 0 Å². The van der Waals surface area contributed by atoms with Crippen LogP contribution in [0.3, 0.4) is 0 Å². The van der Waals surface area contributed by atoms with E-state index in [1.54, 1.807) is 0 Å². The van der Waals surface area contributed by atoms with E-state index >= 15 is 0 Å². The van der Waals surface area contributed by atoms with E-state index in [0.717, 1.165) is 11.8 Å². The summed E-state index contributed by atoms with van der Waals surface area (Å²) in [6, 6.07) is 0. The van der Waals surface area contributed by atoms with Gasteiger partial charge in [0.05, 0.1) is 0 Å². The number of hydrogen-bond donors (Lipinski definition) is 1. The lowest BCUT2D eigenvalue weighted by Crippen LogP contribution is -2.48. The fourth-order valence-electron chi connectivity index (χ4n) is 1.75. The lowest BCUT2D eigenvalue weighted by Gasteiger charge is -2.35. The van der Waals surface area contributed by atoms with E-state index in [1.165, 1.54) is 32.7 Å². The molecule has 0 aromatic heterocycles. The topological polar surface area (TPSA) is 15.3 Å². The quantitative estimate of drug-likeness (QED) is 0.666.